The predicted molar refractivity (Wildman–Crippen MR) is 63.6 cm³/mol. The number of benzene rings is 1. The van der Waals surface area contributed by atoms with E-state index in [2.05, 4.69) is 12.0 Å². The van der Waals surface area contributed by atoms with Crippen molar-refractivity contribution >= 4 is 0 Å². The fraction of sp³-hybridized carbons (Fsp3) is 0.429. The van der Waals surface area contributed by atoms with Gasteiger partial charge in [-0.2, -0.15) is 0 Å². The second-order valence-corrected chi connectivity index (χ2v) is 4.03. The smallest absolute Gasteiger partial charge is 0.0790 e. The number of rotatable bonds is 4. The van der Waals surface area contributed by atoms with Gasteiger partial charge in [-0.15, -0.1) is 12.3 Å². The maximum absolute atomic E-state index is 9.93. The average molecular weight is 202 g/mol. The molecule has 0 saturated carbocycles. The third-order valence-corrected chi connectivity index (χ3v) is 2.43. The molecule has 1 N–H and O–H groups in total. The van der Waals surface area contributed by atoms with Gasteiger partial charge in [0, 0.05) is 6.42 Å². The summed E-state index contributed by atoms with van der Waals surface area (Å²) in [7, 11) is 0. The molecular formula is C14H18O. The molecule has 0 amide bonds. The molecule has 0 radical (unpaired) electrons. The fourth-order valence-electron chi connectivity index (χ4n) is 1.77. The summed E-state index contributed by atoms with van der Waals surface area (Å²) in [6.07, 6.45) is 7.15. The molecule has 0 fully saturated rings. The van der Waals surface area contributed by atoms with Gasteiger partial charge in [-0.3, -0.25) is 0 Å². The molecule has 15 heavy (non-hydrogen) atoms. The molecule has 1 rings (SSSR count). The van der Waals surface area contributed by atoms with Crippen molar-refractivity contribution in [1.29, 1.82) is 0 Å². The lowest BCUT2D eigenvalue weighted by Gasteiger charge is -2.11. The van der Waals surface area contributed by atoms with Crippen LogP contribution < -0.4 is 0 Å². The van der Waals surface area contributed by atoms with Crippen molar-refractivity contribution in [2.45, 2.75) is 39.2 Å². The molecule has 1 atom stereocenters. The molecule has 0 spiro atoms. The lowest BCUT2D eigenvalue weighted by molar-refractivity contribution is 0.165. The fourth-order valence-corrected chi connectivity index (χ4v) is 1.77. The van der Waals surface area contributed by atoms with Crippen LogP contribution in [0.15, 0.2) is 18.2 Å². The third kappa shape index (κ3) is 3.77. The van der Waals surface area contributed by atoms with Gasteiger partial charge in [-0.25, -0.2) is 0 Å². The van der Waals surface area contributed by atoms with Crippen molar-refractivity contribution < 1.29 is 5.11 Å². The first-order chi connectivity index (χ1) is 7.13. The molecule has 80 valence electrons. The number of terminal acetylenes is 1. The van der Waals surface area contributed by atoms with E-state index in [4.69, 9.17) is 6.42 Å². The SMILES string of the molecule is C#CCCCC(O)c1cc(C)cc(C)c1. The van der Waals surface area contributed by atoms with E-state index in [1.807, 2.05) is 26.0 Å². The van der Waals surface area contributed by atoms with E-state index in [1.54, 1.807) is 0 Å². The molecule has 1 heteroatoms. The summed E-state index contributed by atoms with van der Waals surface area (Å²) in [4.78, 5) is 0. The Hall–Kier alpha value is -1.26. The summed E-state index contributed by atoms with van der Waals surface area (Å²) in [5.41, 5.74) is 3.39. The summed E-state index contributed by atoms with van der Waals surface area (Å²) in [5, 5.41) is 9.93. The van der Waals surface area contributed by atoms with E-state index in [-0.39, 0.29) is 6.10 Å². The summed E-state index contributed by atoms with van der Waals surface area (Å²) < 4.78 is 0. The molecule has 0 aliphatic carbocycles. The van der Waals surface area contributed by atoms with Gasteiger partial charge in [0.2, 0.25) is 0 Å². The zero-order chi connectivity index (χ0) is 11.3. The lowest BCUT2D eigenvalue weighted by Crippen LogP contribution is -1.98. The summed E-state index contributed by atoms with van der Waals surface area (Å²) >= 11 is 0. The van der Waals surface area contributed by atoms with E-state index in [1.165, 1.54) is 11.1 Å². The Morgan fingerprint density at radius 1 is 1.27 bits per heavy atom. The van der Waals surface area contributed by atoms with Crippen molar-refractivity contribution in [3.05, 3.63) is 34.9 Å². The molecule has 1 unspecified atom stereocenters. The Labute approximate surface area is 92.1 Å². The number of aliphatic hydroxyl groups is 1. The van der Waals surface area contributed by atoms with Gasteiger partial charge in [0.05, 0.1) is 6.10 Å². The largest absolute Gasteiger partial charge is 0.388 e. The first-order valence-corrected chi connectivity index (χ1v) is 5.33. The van der Waals surface area contributed by atoms with Crippen LogP contribution in [0.4, 0.5) is 0 Å². The van der Waals surface area contributed by atoms with Gasteiger partial charge in [0.15, 0.2) is 0 Å². The van der Waals surface area contributed by atoms with Crippen LogP contribution in [-0.2, 0) is 0 Å². The highest BCUT2D eigenvalue weighted by Crippen LogP contribution is 2.21. The van der Waals surface area contributed by atoms with Gasteiger partial charge in [0.25, 0.3) is 0 Å². The Bertz CT molecular complexity index is 340. The van der Waals surface area contributed by atoms with Crippen molar-refractivity contribution in [2.24, 2.45) is 0 Å². The van der Waals surface area contributed by atoms with Crippen molar-refractivity contribution in [3.8, 4) is 12.3 Å². The van der Waals surface area contributed by atoms with Crippen LogP contribution in [0.25, 0.3) is 0 Å². The van der Waals surface area contributed by atoms with Crippen LogP contribution in [0, 0.1) is 26.2 Å². The molecule has 1 aromatic rings. The van der Waals surface area contributed by atoms with Gasteiger partial charge >= 0.3 is 0 Å². The van der Waals surface area contributed by atoms with Crippen LogP contribution >= 0.6 is 0 Å². The Balaban J connectivity index is 2.65. The minimum absolute atomic E-state index is 0.378. The van der Waals surface area contributed by atoms with Crippen LogP contribution in [0.2, 0.25) is 0 Å². The normalized spacial score (nSPS) is 12.1. The number of aryl methyl sites for hydroxylation is 2. The minimum atomic E-state index is -0.378. The van der Waals surface area contributed by atoms with E-state index in [0.717, 1.165) is 24.8 Å². The Kier molecular flexibility index (Phi) is 4.39. The molecular weight excluding hydrogens is 184 g/mol. The lowest BCUT2D eigenvalue weighted by atomic mass is 10.00. The topological polar surface area (TPSA) is 20.2 Å². The van der Waals surface area contributed by atoms with E-state index in [0.29, 0.717) is 0 Å². The van der Waals surface area contributed by atoms with Crippen molar-refractivity contribution in [3.63, 3.8) is 0 Å². The van der Waals surface area contributed by atoms with Crippen molar-refractivity contribution in [2.75, 3.05) is 0 Å². The summed E-state index contributed by atoms with van der Waals surface area (Å²) in [6.45, 7) is 4.09. The second-order valence-electron chi connectivity index (χ2n) is 4.03. The standard InChI is InChI=1S/C14H18O/c1-4-5-6-7-14(15)13-9-11(2)8-12(3)10-13/h1,8-10,14-15H,5-7H2,2-3H3. The number of aliphatic hydroxyl groups excluding tert-OH is 1. The highest BCUT2D eigenvalue weighted by Gasteiger charge is 2.07. The maximum atomic E-state index is 9.93. The van der Waals surface area contributed by atoms with Gasteiger partial charge in [0.1, 0.15) is 0 Å². The second kappa shape index (κ2) is 5.58. The van der Waals surface area contributed by atoms with Crippen LogP contribution in [0.3, 0.4) is 0 Å². The van der Waals surface area contributed by atoms with E-state index in [9.17, 15) is 5.11 Å². The quantitative estimate of drug-likeness (QED) is 0.587. The average Bonchev–Trinajstić information content (AvgIpc) is 2.16. The van der Waals surface area contributed by atoms with Crippen LogP contribution in [0.5, 0.6) is 0 Å². The van der Waals surface area contributed by atoms with Gasteiger partial charge < -0.3 is 5.11 Å². The molecule has 0 heterocycles. The molecule has 0 aliphatic rings. The third-order valence-electron chi connectivity index (χ3n) is 2.43. The first kappa shape index (κ1) is 11.8. The highest BCUT2D eigenvalue weighted by atomic mass is 16.3. The number of unbranched alkanes of at least 4 members (excludes halogenated alkanes) is 1. The molecule has 0 aromatic heterocycles. The zero-order valence-corrected chi connectivity index (χ0v) is 9.46. The molecule has 0 aliphatic heterocycles. The van der Waals surface area contributed by atoms with Crippen LogP contribution in [-0.4, -0.2) is 5.11 Å². The Morgan fingerprint density at radius 3 is 2.40 bits per heavy atom. The predicted octanol–water partition coefficient (Wildman–Crippen LogP) is 3.14. The molecule has 0 saturated heterocycles. The molecule has 0 bridgehead atoms. The Morgan fingerprint density at radius 2 is 1.87 bits per heavy atom. The first-order valence-electron chi connectivity index (χ1n) is 5.33. The molecule has 1 aromatic carbocycles. The summed E-state index contributed by atoms with van der Waals surface area (Å²) in [5.74, 6) is 2.59. The molecule has 1 nitrogen and oxygen atoms in total. The van der Waals surface area contributed by atoms with Crippen molar-refractivity contribution in [1.82, 2.24) is 0 Å². The van der Waals surface area contributed by atoms with Gasteiger partial charge in [-0.05, 0) is 32.3 Å². The zero-order valence-electron chi connectivity index (χ0n) is 9.46. The monoisotopic (exact) mass is 202 g/mol. The van der Waals surface area contributed by atoms with E-state index >= 15 is 0 Å². The summed E-state index contributed by atoms with van der Waals surface area (Å²) in [6, 6.07) is 6.18. The number of hydrogen-bond acceptors (Lipinski definition) is 1. The minimum Gasteiger partial charge on any atom is -0.388 e. The van der Waals surface area contributed by atoms with E-state index < -0.39 is 0 Å². The highest BCUT2D eigenvalue weighted by molar-refractivity contribution is 5.29. The van der Waals surface area contributed by atoms with Crippen LogP contribution in [0.1, 0.15) is 42.1 Å². The van der Waals surface area contributed by atoms with Gasteiger partial charge in [-0.1, -0.05) is 29.3 Å². The number of hydrogen-bond donors (Lipinski definition) is 1. The maximum Gasteiger partial charge on any atom is 0.0790 e.